The highest BCUT2D eigenvalue weighted by Crippen LogP contribution is 2.28. The molecule has 0 saturated carbocycles. The molecule has 1 aliphatic rings. The van der Waals surface area contributed by atoms with Crippen LogP contribution in [0.4, 0.5) is 5.69 Å². The first-order valence-electron chi connectivity index (χ1n) is 10.1. The van der Waals surface area contributed by atoms with Gasteiger partial charge in [-0.1, -0.05) is 48.0 Å². The van der Waals surface area contributed by atoms with Gasteiger partial charge in [0.2, 0.25) is 0 Å². The fourth-order valence-electron chi connectivity index (χ4n) is 4.08. The van der Waals surface area contributed by atoms with Crippen LogP contribution in [0.2, 0.25) is 0 Å². The van der Waals surface area contributed by atoms with Crippen molar-refractivity contribution in [2.24, 2.45) is 0 Å². The smallest absolute Gasteiger partial charge is 0.265 e. The quantitative estimate of drug-likeness (QED) is 0.528. The van der Waals surface area contributed by atoms with E-state index in [0.717, 1.165) is 34.2 Å². The minimum atomic E-state index is -0.309. The first-order valence-corrected chi connectivity index (χ1v) is 10.1. The Morgan fingerprint density at radius 2 is 1.83 bits per heavy atom. The van der Waals surface area contributed by atoms with Crippen LogP contribution < -0.4 is 10.5 Å². The highest BCUT2D eigenvalue weighted by molar-refractivity contribution is 6.08. The molecule has 0 spiro atoms. The van der Waals surface area contributed by atoms with Crippen molar-refractivity contribution in [1.82, 2.24) is 9.55 Å². The average Bonchev–Trinajstić information content (AvgIpc) is 3.20. The molecule has 5 nitrogen and oxygen atoms in total. The predicted octanol–water partition coefficient (Wildman–Crippen LogP) is 3.96. The Balaban J connectivity index is 1.63. The van der Waals surface area contributed by atoms with Crippen LogP contribution in [0.3, 0.4) is 0 Å². The van der Waals surface area contributed by atoms with Gasteiger partial charge in [-0.2, -0.15) is 0 Å². The lowest BCUT2D eigenvalue weighted by molar-refractivity contribution is 0.0987. The van der Waals surface area contributed by atoms with E-state index < -0.39 is 0 Å². The lowest BCUT2D eigenvalue weighted by atomic mass is 10.1. The Kier molecular flexibility index (Phi) is 4.43. The second kappa shape index (κ2) is 7.26. The van der Waals surface area contributed by atoms with E-state index in [1.54, 1.807) is 21.7 Å². The van der Waals surface area contributed by atoms with Gasteiger partial charge in [0, 0.05) is 23.8 Å². The van der Waals surface area contributed by atoms with Crippen LogP contribution in [-0.4, -0.2) is 22.0 Å². The third-order valence-electron chi connectivity index (χ3n) is 5.67. The van der Waals surface area contributed by atoms with Crippen LogP contribution in [-0.2, 0) is 13.0 Å². The van der Waals surface area contributed by atoms with E-state index in [1.807, 2.05) is 67.6 Å². The summed E-state index contributed by atoms with van der Waals surface area (Å²) >= 11 is 0. The third-order valence-corrected chi connectivity index (χ3v) is 5.67. The van der Waals surface area contributed by atoms with Gasteiger partial charge in [0.25, 0.3) is 11.5 Å². The molecular formula is C25H21N3O2. The Labute approximate surface area is 174 Å². The summed E-state index contributed by atoms with van der Waals surface area (Å²) in [6.07, 6.45) is 2.47. The molecule has 30 heavy (non-hydrogen) atoms. The SMILES string of the molecule is Cc1ccc(Cn2c(=O)c(C(=O)N3CCc4ccccc43)cc3cccnc32)cc1. The highest BCUT2D eigenvalue weighted by atomic mass is 16.2. The van der Waals surface area contributed by atoms with Crippen LogP contribution in [0.5, 0.6) is 0 Å². The molecule has 5 heteroatoms. The molecule has 4 aromatic rings. The van der Waals surface area contributed by atoms with Gasteiger partial charge in [-0.3, -0.25) is 14.2 Å². The summed E-state index contributed by atoms with van der Waals surface area (Å²) in [6, 6.07) is 21.3. The van der Waals surface area contributed by atoms with Crippen molar-refractivity contribution < 1.29 is 4.79 Å². The standard InChI is InChI=1S/C25H21N3O2/c1-17-8-10-18(11-9-17)16-28-23-20(6-4-13-26-23)15-21(25(28)30)24(29)27-14-12-19-5-2-3-7-22(19)27/h2-11,13,15H,12,14,16H2,1H3. The van der Waals surface area contributed by atoms with E-state index in [-0.39, 0.29) is 17.0 Å². The van der Waals surface area contributed by atoms with Crippen molar-refractivity contribution in [2.45, 2.75) is 19.9 Å². The molecular weight excluding hydrogens is 374 g/mol. The Morgan fingerprint density at radius 3 is 2.67 bits per heavy atom. The molecule has 0 fully saturated rings. The number of anilines is 1. The zero-order chi connectivity index (χ0) is 20.7. The van der Waals surface area contributed by atoms with Crippen molar-refractivity contribution in [3.05, 3.63) is 106 Å². The minimum Gasteiger partial charge on any atom is -0.308 e. The number of para-hydroxylation sites is 1. The summed E-state index contributed by atoms with van der Waals surface area (Å²) in [5, 5.41) is 0.778. The fourth-order valence-corrected chi connectivity index (χ4v) is 4.08. The summed E-state index contributed by atoms with van der Waals surface area (Å²) in [5.74, 6) is -0.256. The van der Waals surface area contributed by atoms with E-state index in [1.165, 1.54) is 0 Å². The average molecular weight is 395 g/mol. The number of aromatic nitrogens is 2. The van der Waals surface area contributed by atoms with Gasteiger partial charge in [-0.15, -0.1) is 0 Å². The Bertz CT molecular complexity index is 1320. The number of rotatable bonds is 3. The molecule has 1 amide bonds. The number of aryl methyl sites for hydroxylation is 1. The molecule has 0 atom stereocenters. The van der Waals surface area contributed by atoms with E-state index in [4.69, 9.17) is 0 Å². The van der Waals surface area contributed by atoms with Crippen LogP contribution in [0.15, 0.2) is 77.7 Å². The lowest BCUT2D eigenvalue weighted by Gasteiger charge is -2.18. The van der Waals surface area contributed by atoms with E-state index in [9.17, 15) is 9.59 Å². The van der Waals surface area contributed by atoms with Crippen LogP contribution in [0.1, 0.15) is 27.0 Å². The van der Waals surface area contributed by atoms with Gasteiger partial charge in [0.1, 0.15) is 11.2 Å². The normalized spacial score (nSPS) is 12.9. The largest absolute Gasteiger partial charge is 0.308 e. The van der Waals surface area contributed by atoms with Crippen LogP contribution in [0.25, 0.3) is 11.0 Å². The number of hydrogen-bond donors (Lipinski definition) is 0. The number of carbonyl (C=O) groups excluding carboxylic acids is 1. The molecule has 0 unspecified atom stereocenters. The van der Waals surface area contributed by atoms with Crippen molar-refractivity contribution in [3.63, 3.8) is 0 Å². The van der Waals surface area contributed by atoms with Gasteiger partial charge < -0.3 is 4.90 Å². The molecule has 5 rings (SSSR count). The fraction of sp³-hybridized carbons (Fsp3) is 0.160. The van der Waals surface area contributed by atoms with Gasteiger partial charge >= 0.3 is 0 Å². The van der Waals surface area contributed by atoms with Crippen molar-refractivity contribution >= 4 is 22.6 Å². The molecule has 0 saturated heterocycles. The molecule has 2 aromatic carbocycles. The number of carbonyl (C=O) groups is 1. The lowest BCUT2D eigenvalue weighted by Crippen LogP contribution is -2.36. The summed E-state index contributed by atoms with van der Waals surface area (Å²) < 4.78 is 1.61. The highest BCUT2D eigenvalue weighted by Gasteiger charge is 2.28. The minimum absolute atomic E-state index is 0.180. The molecule has 0 radical (unpaired) electrons. The molecule has 1 aliphatic heterocycles. The molecule has 0 aliphatic carbocycles. The van der Waals surface area contributed by atoms with Gasteiger partial charge in [-0.25, -0.2) is 4.98 Å². The molecule has 2 aromatic heterocycles. The van der Waals surface area contributed by atoms with Gasteiger partial charge in [0.05, 0.1) is 6.54 Å². The van der Waals surface area contributed by atoms with Crippen LogP contribution >= 0.6 is 0 Å². The molecule has 148 valence electrons. The number of hydrogen-bond acceptors (Lipinski definition) is 3. The number of nitrogens with zero attached hydrogens (tertiary/aromatic N) is 3. The van der Waals surface area contributed by atoms with Crippen LogP contribution in [0, 0.1) is 6.92 Å². The summed E-state index contributed by atoms with van der Waals surface area (Å²) in [4.78, 5) is 33.0. The van der Waals surface area contributed by atoms with Gasteiger partial charge in [0.15, 0.2) is 0 Å². The number of pyridine rings is 2. The molecule has 3 heterocycles. The number of amides is 1. The molecule has 0 N–H and O–H groups in total. The zero-order valence-corrected chi connectivity index (χ0v) is 16.7. The summed E-state index contributed by atoms with van der Waals surface area (Å²) in [5.41, 5.74) is 4.62. The molecule has 0 bridgehead atoms. The first kappa shape index (κ1) is 18.3. The second-order valence-electron chi connectivity index (χ2n) is 7.69. The van der Waals surface area contributed by atoms with Crippen molar-refractivity contribution in [2.75, 3.05) is 11.4 Å². The summed E-state index contributed by atoms with van der Waals surface area (Å²) in [6.45, 7) is 2.98. The maximum atomic E-state index is 13.4. The van der Waals surface area contributed by atoms with Gasteiger partial charge in [-0.05, 0) is 48.7 Å². The number of fused-ring (bicyclic) bond motifs is 2. The maximum Gasteiger partial charge on any atom is 0.265 e. The topological polar surface area (TPSA) is 55.2 Å². The predicted molar refractivity (Wildman–Crippen MR) is 118 cm³/mol. The summed E-state index contributed by atoms with van der Waals surface area (Å²) in [7, 11) is 0. The number of benzene rings is 2. The Hall–Kier alpha value is -3.73. The Morgan fingerprint density at radius 1 is 1.03 bits per heavy atom. The van der Waals surface area contributed by atoms with E-state index in [0.29, 0.717) is 18.7 Å². The zero-order valence-electron chi connectivity index (χ0n) is 16.7. The van der Waals surface area contributed by atoms with E-state index >= 15 is 0 Å². The maximum absolute atomic E-state index is 13.4. The van der Waals surface area contributed by atoms with Crippen molar-refractivity contribution in [1.29, 1.82) is 0 Å². The second-order valence-corrected chi connectivity index (χ2v) is 7.69. The monoisotopic (exact) mass is 395 g/mol. The third kappa shape index (κ3) is 3.08. The van der Waals surface area contributed by atoms with E-state index in [2.05, 4.69) is 4.98 Å². The first-order chi connectivity index (χ1) is 14.6. The van der Waals surface area contributed by atoms with Crippen molar-refractivity contribution in [3.8, 4) is 0 Å².